The van der Waals surface area contributed by atoms with Crippen LogP contribution in [0.15, 0.2) is 48.5 Å². The lowest BCUT2D eigenvalue weighted by Gasteiger charge is -2.39. The lowest BCUT2D eigenvalue weighted by atomic mass is 9.96. The van der Waals surface area contributed by atoms with Gasteiger partial charge in [-0.2, -0.15) is 13.2 Å². The minimum Gasteiger partial charge on any atom is -0.353 e. The van der Waals surface area contributed by atoms with E-state index in [0.717, 1.165) is 17.5 Å². The molecule has 4 nitrogen and oxygen atoms in total. The molecule has 0 aliphatic carbocycles. The van der Waals surface area contributed by atoms with Crippen LogP contribution in [-0.4, -0.2) is 35.1 Å². The maximum atomic E-state index is 13.9. The van der Waals surface area contributed by atoms with Crippen molar-refractivity contribution in [1.29, 1.82) is 0 Å². The summed E-state index contributed by atoms with van der Waals surface area (Å²) in [6.45, 7) is 7.00. The van der Waals surface area contributed by atoms with E-state index < -0.39 is 17.8 Å². The monoisotopic (exact) mass is 458 g/mol. The van der Waals surface area contributed by atoms with Gasteiger partial charge in [-0.3, -0.25) is 0 Å². The number of anilines is 1. The first-order valence-corrected chi connectivity index (χ1v) is 11.0. The molecule has 174 valence electrons. The number of alkyl halides is 3. The third kappa shape index (κ3) is 5.00. The number of aromatic nitrogens is 2. The van der Waals surface area contributed by atoms with Crippen molar-refractivity contribution < 1.29 is 17.6 Å². The predicted molar refractivity (Wildman–Crippen MR) is 121 cm³/mol. The van der Waals surface area contributed by atoms with Crippen molar-refractivity contribution in [2.75, 3.05) is 18.0 Å². The van der Waals surface area contributed by atoms with E-state index in [0.29, 0.717) is 24.2 Å². The van der Waals surface area contributed by atoms with Crippen LogP contribution >= 0.6 is 0 Å². The van der Waals surface area contributed by atoms with Crippen molar-refractivity contribution >= 4 is 5.82 Å². The van der Waals surface area contributed by atoms with Gasteiger partial charge in [-0.25, -0.2) is 14.4 Å². The van der Waals surface area contributed by atoms with Crippen LogP contribution < -0.4 is 10.2 Å². The molecule has 0 saturated carbocycles. The Bertz CT molecular complexity index is 1130. The third-order valence-electron chi connectivity index (χ3n) is 5.82. The van der Waals surface area contributed by atoms with Gasteiger partial charge in [-0.15, -0.1) is 0 Å². The molecule has 0 radical (unpaired) electrons. The van der Waals surface area contributed by atoms with E-state index in [2.05, 4.69) is 15.3 Å². The van der Waals surface area contributed by atoms with Crippen molar-refractivity contribution in [3.05, 3.63) is 65.7 Å². The van der Waals surface area contributed by atoms with Crippen LogP contribution in [0.3, 0.4) is 0 Å². The Morgan fingerprint density at radius 1 is 1.03 bits per heavy atom. The number of nitrogens with zero attached hydrogens (tertiary/aromatic N) is 3. The SMILES string of the molecule is CCC1CN(c2nc(C(F)(F)F)nc(-c3ccc(F)cc3)c2-c2cccc(C)c2)CC(C)N1. The van der Waals surface area contributed by atoms with Gasteiger partial charge in [0.2, 0.25) is 5.82 Å². The highest BCUT2D eigenvalue weighted by Crippen LogP contribution is 2.41. The molecule has 2 unspecified atom stereocenters. The molecule has 1 N–H and O–H groups in total. The average molecular weight is 459 g/mol. The molecule has 1 fully saturated rings. The van der Waals surface area contributed by atoms with Crippen LogP contribution in [0.4, 0.5) is 23.4 Å². The average Bonchev–Trinajstić information content (AvgIpc) is 2.77. The second-order valence-corrected chi connectivity index (χ2v) is 8.55. The van der Waals surface area contributed by atoms with E-state index in [1.54, 1.807) is 0 Å². The highest BCUT2D eigenvalue weighted by molar-refractivity contribution is 5.89. The number of hydrogen-bond acceptors (Lipinski definition) is 4. The fourth-order valence-corrected chi connectivity index (χ4v) is 4.29. The van der Waals surface area contributed by atoms with Gasteiger partial charge in [0.05, 0.1) is 11.3 Å². The summed E-state index contributed by atoms with van der Waals surface area (Å²) in [5, 5.41) is 3.48. The second-order valence-electron chi connectivity index (χ2n) is 8.55. The molecular weight excluding hydrogens is 432 g/mol. The van der Waals surface area contributed by atoms with E-state index in [9.17, 15) is 17.6 Å². The maximum Gasteiger partial charge on any atom is 0.451 e. The van der Waals surface area contributed by atoms with Gasteiger partial charge in [0.15, 0.2) is 0 Å². The van der Waals surface area contributed by atoms with Crippen molar-refractivity contribution in [3.63, 3.8) is 0 Å². The van der Waals surface area contributed by atoms with Gasteiger partial charge in [0.1, 0.15) is 11.6 Å². The van der Waals surface area contributed by atoms with Gasteiger partial charge in [-0.1, -0.05) is 36.8 Å². The quantitative estimate of drug-likeness (QED) is 0.498. The molecule has 0 spiro atoms. The van der Waals surface area contributed by atoms with E-state index in [1.807, 2.05) is 49.9 Å². The van der Waals surface area contributed by atoms with Gasteiger partial charge in [0.25, 0.3) is 0 Å². The van der Waals surface area contributed by atoms with Gasteiger partial charge in [-0.05, 0) is 50.1 Å². The zero-order valence-corrected chi connectivity index (χ0v) is 18.7. The summed E-state index contributed by atoms with van der Waals surface area (Å²) in [5.74, 6) is -1.43. The Labute approximate surface area is 190 Å². The zero-order chi connectivity index (χ0) is 23.8. The topological polar surface area (TPSA) is 41.1 Å². The van der Waals surface area contributed by atoms with Gasteiger partial charge >= 0.3 is 6.18 Å². The standard InChI is InChI=1S/C25H26F4N4/c1-4-20-14-33(13-16(3)30-20)23-21(18-7-5-6-15(2)12-18)22(17-8-10-19(26)11-9-17)31-24(32-23)25(27,28)29/h5-12,16,20,30H,4,13-14H2,1-3H3. The fourth-order valence-electron chi connectivity index (χ4n) is 4.29. The normalized spacial score (nSPS) is 19.1. The zero-order valence-electron chi connectivity index (χ0n) is 18.7. The van der Waals surface area contributed by atoms with Gasteiger partial charge < -0.3 is 10.2 Å². The van der Waals surface area contributed by atoms with Crippen LogP contribution in [0.25, 0.3) is 22.4 Å². The van der Waals surface area contributed by atoms with Crippen LogP contribution in [0.1, 0.15) is 31.7 Å². The van der Waals surface area contributed by atoms with E-state index in [1.165, 1.54) is 24.3 Å². The Hall–Kier alpha value is -3.00. The molecule has 3 aromatic rings. The highest BCUT2D eigenvalue weighted by atomic mass is 19.4. The van der Waals surface area contributed by atoms with Crippen LogP contribution in [0.5, 0.6) is 0 Å². The van der Waals surface area contributed by atoms with E-state index >= 15 is 0 Å². The van der Waals surface area contributed by atoms with E-state index in [4.69, 9.17) is 0 Å². The third-order valence-corrected chi connectivity index (χ3v) is 5.82. The molecule has 2 heterocycles. The van der Waals surface area contributed by atoms with Crippen molar-refractivity contribution in [2.45, 2.75) is 45.5 Å². The summed E-state index contributed by atoms with van der Waals surface area (Å²) in [6.07, 6.45) is -3.89. The van der Waals surface area contributed by atoms with Gasteiger partial charge in [0, 0.05) is 30.7 Å². The summed E-state index contributed by atoms with van der Waals surface area (Å²) >= 11 is 0. The molecule has 1 saturated heterocycles. The summed E-state index contributed by atoms with van der Waals surface area (Å²) < 4.78 is 55.3. The first-order chi connectivity index (χ1) is 15.7. The second kappa shape index (κ2) is 9.09. The largest absolute Gasteiger partial charge is 0.451 e. The number of nitrogens with one attached hydrogen (secondary N) is 1. The molecule has 2 aromatic carbocycles. The minimum absolute atomic E-state index is 0.0765. The Morgan fingerprint density at radius 2 is 1.76 bits per heavy atom. The molecular formula is C25H26F4N4. The molecule has 4 rings (SSSR count). The van der Waals surface area contributed by atoms with Crippen molar-refractivity contribution in [2.24, 2.45) is 0 Å². The molecule has 0 bridgehead atoms. The summed E-state index contributed by atoms with van der Waals surface area (Å²) in [6, 6.07) is 13.1. The Kier molecular flexibility index (Phi) is 6.38. The number of rotatable bonds is 4. The first-order valence-electron chi connectivity index (χ1n) is 11.0. The van der Waals surface area contributed by atoms with Crippen LogP contribution in [0.2, 0.25) is 0 Å². The summed E-state index contributed by atoms with van der Waals surface area (Å²) in [7, 11) is 0. The van der Waals surface area contributed by atoms with Crippen molar-refractivity contribution in [3.8, 4) is 22.4 Å². The molecule has 1 aliphatic rings. The fraction of sp³-hybridized carbons (Fsp3) is 0.360. The number of piperazine rings is 1. The molecule has 2 atom stereocenters. The molecule has 8 heteroatoms. The number of aryl methyl sites for hydroxylation is 1. The lowest BCUT2D eigenvalue weighted by Crippen LogP contribution is -2.55. The molecule has 0 amide bonds. The molecule has 1 aliphatic heterocycles. The number of benzene rings is 2. The predicted octanol–water partition coefficient (Wildman–Crippen LogP) is 5.85. The van der Waals surface area contributed by atoms with E-state index in [-0.39, 0.29) is 23.6 Å². The van der Waals surface area contributed by atoms with Crippen LogP contribution in [0, 0.1) is 12.7 Å². The smallest absolute Gasteiger partial charge is 0.353 e. The molecule has 1 aromatic heterocycles. The highest BCUT2D eigenvalue weighted by Gasteiger charge is 2.38. The number of hydrogen-bond donors (Lipinski definition) is 1. The number of halogens is 4. The summed E-state index contributed by atoms with van der Waals surface area (Å²) in [5.41, 5.74) is 2.73. The minimum atomic E-state index is -4.72. The Balaban J connectivity index is 2.02. The Morgan fingerprint density at radius 3 is 2.39 bits per heavy atom. The maximum absolute atomic E-state index is 13.9. The lowest BCUT2D eigenvalue weighted by molar-refractivity contribution is -0.144. The van der Waals surface area contributed by atoms with Crippen molar-refractivity contribution in [1.82, 2.24) is 15.3 Å². The van der Waals surface area contributed by atoms with Crippen LogP contribution in [-0.2, 0) is 6.18 Å². The molecule has 33 heavy (non-hydrogen) atoms. The first kappa shape index (κ1) is 23.2. The summed E-state index contributed by atoms with van der Waals surface area (Å²) in [4.78, 5) is 9.94.